The molecule has 0 aliphatic rings. The van der Waals surface area contributed by atoms with E-state index in [0.29, 0.717) is 5.56 Å². The van der Waals surface area contributed by atoms with Gasteiger partial charge in [0.25, 0.3) is 0 Å². The first-order valence-corrected chi connectivity index (χ1v) is 4.25. The molecule has 1 aromatic heterocycles. The van der Waals surface area contributed by atoms with Gasteiger partial charge in [-0.15, -0.1) is 0 Å². The Hall–Kier alpha value is -0.840. The summed E-state index contributed by atoms with van der Waals surface area (Å²) in [5.41, 5.74) is -0.260. The first-order valence-electron chi connectivity index (χ1n) is 3.34. The number of alkyl halides is 3. The van der Waals surface area contributed by atoms with Crippen molar-refractivity contribution in [1.29, 1.82) is 0 Å². The van der Waals surface area contributed by atoms with E-state index in [2.05, 4.69) is 20.9 Å². The molecule has 1 aromatic rings. The highest BCUT2D eigenvalue weighted by molar-refractivity contribution is 9.11. The molecule has 5 heteroatoms. The van der Waals surface area contributed by atoms with E-state index in [0.717, 1.165) is 6.07 Å². The number of pyridine rings is 1. The molecule has 0 spiro atoms. The van der Waals surface area contributed by atoms with E-state index in [9.17, 15) is 13.2 Å². The molecule has 1 rings (SSSR count). The summed E-state index contributed by atoms with van der Waals surface area (Å²) >= 11 is 3.01. The first kappa shape index (κ1) is 10.2. The van der Waals surface area contributed by atoms with Crippen molar-refractivity contribution in [3.8, 4) is 0 Å². The summed E-state index contributed by atoms with van der Waals surface area (Å²) in [7, 11) is 0. The SMILES string of the molecule is FC(F)(F)c1ccc(/C=C/Br)cn1. The Kier molecular flexibility index (Phi) is 3.08. The maximum Gasteiger partial charge on any atom is 0.433 e. The molecule has 0 aliphatic carbocycles. The Morgan fingerprint density at radius 1 is 1.31 bits per heavy atom. The van der Waals surface area contributed by atoms with E-state index >= 15 is 0 Å². The van der Waals surface area contributed by atoms with Crippen molar-refractivity contribution >= 4 is 22.0 Å². The van der Waals surface area contributed by atoms with Crippen molar-refractivity contribution in [2.75, 3.05) is 0 Å². The monoisotopic (exact) mass is 251 g/mol. The van der Waals surface area contributed by atoms with Gasteiger partial charge in [-0.1, -0.05) is 22.0 Å². The zero-order chi connectivity index (χ0) is 9.90. The summed E-state index contributed by atoms with van der Waals surface area (Å²) < 4.78 is 36.0. The van der Waals surface area contributed by atoms with Crippen LogP contribution in [0.25, 0.3) is 6.08 Å². The number of nitrogens with zero attached hydrogens (tertiary/aromatic N) is 1. The molecule has 0 N–H and O–H groups in total. The smallest absolute Gasteiger partial charge is 0.251 e. The molecule has 0 aromatic carbocycles. The normalized spacial score (nSPS) is 12.3. The molecular weight excluding hydrogens is 247 g/mol. The van der Waals surface area contributed by atoms with Crippen LogP contribution >= 0.6 is 15.9 Å². The second kappa shape index (κ2) is 3.91. The van der Waals surface area contributed by atoms with Crippen molar-refractivity contribution in [3.63, 3.8) is 0 Å². The van der Waals surface area contributed by atoms with Gasteiger partial charge in [-0.05, 0) is 22.7 Å². The molecule has 1 heterocycles. The van der Waals surface area contributed by atoms with Gasteiger partial charge in [0.15, 0.2) is 0 Å². The molecule has 0 amide bonds. The molecule has 0 aliphatic heterocycles. The lowest BCUT2D eigenvalue weighted by molar-refractivity contribution is -0.141. The van der Waals surface area contributed by atoms with Gasteiger partial charge in [-0.25, -0.2) is 0 Å². The van der Waals surface area contributed by atoms with E-state index in [1.54, 1.807) is 11.1 Å². The summed E-state index contributed by atoms with van der Waals surface area (Å²) in [5.74, 6) is 0. The molecule has 0 fully saturated rings. The lowest BCUT2D eigenvalue weighted by Crippen LogP contribution is -2.07. The molecule has 0 atom stereocenters. The average molecular weight is 252 g/mol. The van der Waals surface area contributed by atoms with Gasteiger partial charge in [0.05, 0.1) is 0 Å². The van der Waals surface area contributed by atoms with Crippen molar-refractivity contribution in [2.24, 2.45) is 0 Å². The van der Waals surface area contributed by atoms with Crippen molar-refractivity contribution in [2.45, 2.75) is 6.18 Å². The number of aromatic nitrogens is 1. The molecule has 0 bridgehead atoms. The van der Waals surface area contributed by atoms with Crippen LogP contribution in [0.4, 0.5) is 13.2 Å². The minimum Gasteiger partial charge on any atom is -0.251 e. The van der Waals surface area contributed by atoms with Crippen molar-refractivity contribution in [1.82, 2.24) is 4.98 Å². The number of hydrogen-bond acceptors (Lipinski definition) is 1. The number of hydrogen-bond donors (Lipinski definition) is 0. The van der Waals surface area contributed by atoms with Crippen LogP contribution in [0.1, 0.15) is 11.3 Å². The highest BCUT2D eigenvalue weighted by Crippen LogP contribution is 2.27. The molecule has 0 saturated heterocycles. The maximum atomic E-state index is 12.0. The Balaban J connectivity index is 2.94. The molecule has 0 unspecified atom stereocenters. The highest BCUT2D eigenvalue weighted by atomic mass is 79.9. The van der Waals surface area contributed by atoms with Gasteiger partial charge in [0.2, 0.25) is 0 Å². The summed E-state index contributed by atoms with van der Waals surface area (Å²) in [5, 5.41) is 0. The Morgan fingerprint density at radius 2 is 2.00 bits per heavy atom. The molecule has 0 radical (unpaired) electrons. The van der Waals surface area contributed by atoms with Crippen LogP contribution < -0.4 is 0 Å². The van der Waals surface area contributed by atoms with Gasteiger partial charge in [-0.3, -0.25) is 4.98 Å². The fourth-order valence-electron chi connectivity index (χ4n) is 0.744. The fraction of sp³-hybridized carbons (Fsp3) is 0.125. The molecule has 1 nitrogen and oxygen atoms in total. The zero-order valence-electron chi connectivity index (χ0n) is 6.35. The zero-order valence-corrected chi connectivity index (χ0v) is 7.93. The predicted octanol–water partition coefficient (Wildman–Crippen LogP) is 3.47. The second-order valence-electron chi connectivity index (χ2n) is 2.27. The number of halogens is 4. The van der Waals surface area contributed by atoms with E-state index in [1.807, 2.05) is 0 Å². The standard InChI is InChI=1S/C8H5BrF3N/c9-4-3-6-1-2-7(13-5-6)8(10,11)12/h1-5H/b4-3+. The summed E-state index contributed by atoms with van der Waals surface area (Å²) in [4.78, 5) is 4.82. The van der Waals surface area contributed by atoms with Crippen LogP contribution in [0.2, 0.25) is 0 Å². The van der Waals surface area contributed by atoms with E-state index in [-0.39, 0.29) is 0 Å². The van der Waals surface area contributed by atoms with E-state index in [4.69, 9.17) is 0 Å². The van der Waals surface area contributed by atoms with Crippen LogP contribution in [-0.4, -0.2) is 4.98 Å². The van der Waals surface area contributed by atoms with E-state index in [1.165, 1.54) is 12.3 Å². The van der Waals surface area contributed by atoms with Crippen LogP contribution in [0.3, 0.4) is 0 Å². The highest BCUT2D eigenvalue weighted by Gasteiger charge is 2.31. The Morgan fingerprint density at radius 3 is 2.38 bits per heavy atom. The maximum absolute atomic E-state index is 12.0. The third kappa shape index (κ3) is 2.84. The Labute approximate surface area is 81.4 Å². The largest absolute Gasteiger partial charge is 0.433 e. The van der Waals surface area contributed by atoms with Gasteiger partial charge in [-0.2, -0.15) is 13.2 Å². The van der Waals surface area contributed by atoms with Gasteiger partial charge in [0, 0.05) is 6.20 Å². The first-order chi connectivity index (χ1) is 6.04. The summed E-state index contributed by atoms with van der Waals surface area (Å²) in [6.07, 6.45) is -1.59. The quantitative estimate of drug-likeness (QED) is 0.745. The predicted molar refractivity (Wildman–Crippen MR) is 47.2 cm³/mol. The van der Waals surface area contributed by atoms with E-state index < -0.39 is 11.9 Å². The molecular formula is C8H5BrF3N. The third-order valence-electron chi connectivity index (χ3n) is 1.33. The minimum atomic E-state index is -4.36. The topological polar surface area (TPSA) is 12.9 Å². The lowest BCUT2D eigenvalue weighted by atomic mass is 10.2. The Bertz CT molecular complexity index is 302. The third-order valence-corrected chi connectivity index (χ3v) is 1.60. The number of rotatable bonds is 1. The fourth-order valence-corrected chi connectivity index (χ4v) is 1.05. The molecule has 13 heavy (non-hydrogen) atoms. The van der Waals surface area contributed by atoms with Gasteiger partial charge >= 0.3 is 6.18 Å². The molecule has 70 valence electrons. The molecule has 0 saturated carbocycles. The van der Waals surface area contributed by atoms with Gasteiger partial charge < -0.3 is 0 Å². The van der Waals surface area contributed by atoms with Crippen molar-refractivity contribution < 1.29 is 13.2 Å². The average Bonchev–Trinajstić information content (AvgIpc) is 2.04. The van der Waals surface area contributed by atoms with Crippen LogP contribution in [0.5, 0.6) is 0 Å². The lowest BCUT2D eigenvalue weighted by Gasteiger charge is -2.04. The summed E-state index contributed by atoms with van der Waals surface area (Å²) in [6.45, 7) is 0. The summed E-state index contributed by atoms with van der Waals surface area (Å²) in [6, 6.07) is 2.30. The van der Waals surface area contributed by atoms with Crippen LogP contribution in [0.15, 0.2) is 23.3 Å². The van der Waals surface area contributed by atoms with Crippen LogP contribution in [0, 0.1) is 0 Å². The second-order valence-corrected chi connectivity index (χ2v) is 2.80. The van der Waals surface area contributed by atoms with Crippen molar-refractivity contribution in [3.05, 3.63) is 34.6 Å². The van der Waals surface area contributed by atoms with Gasteiger partial charge in [0.1, 0.15) is 5.69 Å². The van der Waals surface area contributed by atoms with Crippen LogP contribution in [-0.2, 0) is 6.18 Å². The minimum absolute atomic E-state index is 0.616.